The molecule has 8 heteroatoms. The molecule has 0 unspecified atom stereocenters. The minimum Gasteiger partial charge on any atom is -0.462 e. The Balaban J connectivity index is 2.40. The van der Waals surface area contributed by atoms with Gasteiger partial charge in [0.05, 0.1) is 12.0 Å². The quantitative estimate of drug-likeness (QED) is 0.747. The molecule has 0 aliphatic heterocycles. The highest BCUT2D eigenvalue weighted by molar-refractivity contribution is 7.20. The summed E-state index contributed by atoms with van der Waals surface area (Å²) in [5.41, 5.74) is 0.240. The van der Waals surface area contributed by atoms with Crippen LogP contribution in [-0.4, -0.2) is 34.1 Å². The van der Waals surface area contributed by atoms with Crippen molar-refractivity contribution >= 4 is 33.4 Å². The number of ether oxygens (including phenoxy) is 1. The highest BCUT2D eigenvalue weighted by Gasteiger charge is 2.22. The number of fused-ring (bicyclic) bond motifs is 1. The minimum absolute atomic E-state index is 0.0542. The summed E-state index contributed by atoms with van der Waals surface area (Å²) in [6.45, 7) is 9.28. The van der Waals surface area contributed by atoms with Crippen LogP contribution in [-0.2, 0) is 16.1 Å². The molecule has 0 aliphatic rings. The SMILES string of the molecule is CCC[C@@H](C)NC(=O)Cn1c(C)nc2sc(C(=O)OCC)c(C)c2c1=O. The van der Waals surface area contributed by atoms with Crippen LogP contribution < -0.4 is 10.9 Å². The number of aromatic nitrogens is 2. The van der Waals surface area contributed by atoms with Crippen molar-refractivity contribution in [1.29, 1.82) is 0 Å². The maximum atomic E-state index is 12.9. The van der Waals surface area contributed by atoms with E-state index in [1.807, 2.05) is 6.92 Å². The maximum absolute atomic E-state index is 12.9. The number of rotatable bonds is 7. The number of aryl methyl sites for hydroxylation is 2. The van der Waals surface area contributed by atoms with Crippen LogP contribution in [0.3, 0.4) is 0 Å². The molecule has 0 bridgehead atoms. The smallest absolute Gasteiger partial charge is 0.348 e. The Labute approximate surface area is 156 Å². The zero-order chi connectivity index (χ0) is 19.4. The van der Waals surface area contributed by atoms with Crippen LogP contribution in [0.1, 0.15) is 54.7 Å². The van der Waals surface area contributed by atoms with Crippen LogP contribution in [0.5, 0.6) is 0 Å². The zero-order valence-corrected chi connectivity index (χ0v) is 16.7. The molecule has 1 N–H and O–H groups in total. The van der Waals surface area contributed by atoms with Crippen LogP contribution in [0.15, 0.2) is 4.79 Å². The molecular weight excluding hydrogens is 354 g/mol. The normalized spacial score (nSPS) is 12.2. The van der Waals surface area contributed by atoms with Gasteiger partial charge in [0, 0.05) is 6.04 Å². The minimum atomic E-state index is -0.456. The van der Waals surface area contributed by atoms with Gasteiger partial charge in [0.1, 0.15) is 22.1 Å². The number of hydrogen-bond acceptors (Lipinski definition) is 6. The van der Waals surface area contributed by atoms with Crippen LogP contribution in [0, 0.1) is 13.8 Å². The second-order valence-electron chi connectivity index (χ2n) is 6.26. The molecule has 2 aromatic rings. The van der Waals surface area contributed by atoms with Crippen molar-refractivity contribution < 1.29 is 14.3 Å². The van der Waals surface area contributed by atoms with E-state index in [0.717, 1.165) is 24.2 Å². The lowest BCUT2D eigenvalue weighted by atomic mass is 10.2. The van der Waals surface area contributed by atoms with E-state index < -0.39 is 5.97 Å². The van der Waals surface area contributed by atoms with E-state index in [1.165, 1.54) is 4.57 Å². The van der Waals surface area contributed by atoms with Crippen LogP contribution in [0.4, 0.5) is 0 Å². The van der Waals surface area contributed by atoms with Gasteiger partial charge in [0.2, 0.25) is 5.91 Å². The number of amides is 1. The van der Waals surface area contributed by atoms with Gasteiger partial charge in [-0.15, -0.1) is 11.3 Å². The molecule has 142 valence electrons. The summed E-state index contributed by atoms with van der Waals surface area (Å²) in [6.07, 6.45) is 1.85. The van der Waals surface area contributed by atoms with Crippen molar-refractivity contribution in [2.75, 3.05) is 6.61 Å². The molecule has 0 aliphatic carbocycles. The zero-order valence-electron chi connectivity index (χ0n) is 15.8. The van der Waals surface area contributed by atoms with E-state index in [9.17, 15) is 14.4 Å². The summed E-state index contributed by atoms with van der Waals surface area (Å²) in [7, 11) is 0. The first-order valence-electron chi connectivity index (χ1n) is 8.77. The molecule has 2 rings (SSSR count). The Kier molecular flexibility index (Phi) is 6.52. The van der Waals surface area contributed by atoms with Gasteiger partial charge < -0.3 is 10.1 Å². The van der Waals surface area contributed by atoms with Gasteiger partial charge in [-0.2, -0.15) is 0 Å². The van der Waals surface area contributed by atoms with Crippen LogP contribution in [0.25, 0.3) is 10.2 Å². The average Bonchev–Trinajstić information content (AvgIpc) is 2.88. The molecule has 1 atom stereocenters. The Morgan fingerprint density at radius 1 is 1.31 bits per heavy atom. The van der Waals surface area contributed by atoms with Crippen LogP contribution in [0.2, 0.25) is 0 Å². The van der Waals surface area contributed by atoms with Crippen molar-refractivity contribution in [2.24, 2.45) is 0 Å². The van der Waals surface area contributed by atoms with E-state index in [2.05, 4.69) is 17.2 Å². The van der Waals surface area contributed by atoms with Gasteiger partial charge in [0.25, 0.3) is 5.56 Å². The second-order valence-corrected chi connectivity index (χ2v) is 7.26. The number of hydrogen-bond donors (Lipinski definition) is 1. The molecular formula is C18H25N3O4S. The molecule has 1 amide bonds. The Morgan fingerprint density at radius 2 is 2.00 bits per heavy atom. The van der Waals surface area contributed by atoms with E-state index in [-0.39, 0.29) is 30.7 Å². The second kappa shape index (κ2) is 8.44. The molecule has 7 nitrogen and oxygen atoms in total. The van der Waals surface area contributed by atoms with Gasteiger partial charge in [0.15, 0.2) is 0 Å². The fraction of sp³-hybridized carbons (Fsp3) is 0.556. The lowest BCUT2D eigenvalue weighted by Gasteiger charge is -2.14. The third-order valence-corrected chi connectivity index (χ3v) is 5.30. The van der Waals surface area contributed by atoms with Gasteiger partial charge in [-0.3, -0.25) is 14.2 Å². The molecule has 0 saturated carbocycles. The van der Waals surface area contributed by atoms with Crippen molar-refractivity contribution in [3.05, 3.63) is 26.6 Å². The van der Waals surface area contributed by atoms with Gasteiger partial charge >= 0.3 is 5.97 Å². The summed E-state index contributed by atoms with van der Waals surface area (Å²) >= 11 is 1.15. The molecule has 0 saturated heterocycles. The van der Waals surface area contributed by atoms with E-state index in [4.69, 9.17) is 4.74 Å². The molecule has 0 spiro atoms. The van der Waals surface area contributed by atoms with Gasteiger partial charge in [-0.25, -0.2) is 9.78 Å². The largest absolute Gasteiger partial charge is 0.462 e. The fourth-order valence-electron chi connectivity index (χ4n) is 2.86. The Bertz CT molecular complexity index is 885. The summed E-state index contributed by atoms with van der Waals surface area (Å²) in [5, 5.41) is 3.26. The molecule has 26 heavy (non-hydrogen) atoms. The maximum Gasteiger partial charge on any atom is 0.348 e. The standard InChI is InChI=1S/C18H25N3O4S/c1-6-8-10(3)19-13(22)9-21-12(5)20-16-14(17(21)23)11(4)15(26-16)18(24)25-7-2/h10H,6-9H2,1-5H3,(H,19,22)/t10-/m1/s1. The molecule has 0 fully saturated rings. The van der Waals surface area contributed by atoms with Crippen molar-refractivity contribution in [2.45, 2.75) is 60.0 Å². The predicted octanol–water partition coefficient (Wildman–Crippen LogP) is 2.56. The third kappa shape index (κ3) is 4.12. The Morgan fingerprint density at radius 3 is 2.62 bits per heavy atom. The number of carbonyl (C=O) groups is 2. The van der Waals surface area contributed by atoms with Crippen molar-refractivity contribution in [3.63, 3.8) is 0 Å². The number of nitrogens with zero attached hydrogens (tertiary/aromatic N) is 2. The topological polar surface area (TPSA) is 90.3 Å². The summed E-state index contributed by atoms with van der Waals surface area (Å²) in [6, 6.07) is 0.0542. The first-order valence-corrected chi connectivity index (χ1v) is 9.58. The number of nitrogens with one attached hydrogen (secondary N) is 1. The number of thiophene rings is 1. The summed E-state index contributed by atoms with van der Waals surface area (Å²) in [4.78, 5) is 42.5. The van der Waals surface area contributed by atoms with E-state index in [1.54, 1.807) is 20.8 Å². The lowest BCUT2D eigenvalue weighted by molar-refractivity contribution is -0.122. The third-order valence-electron chi connectivity index (χ3n) is 4.13. The highest BCUT2D eigenvalue weighted by Crippen LogP contribution is 2.28. The summed E-state index contributed by atoms with van der Waals surface area (Å²) < 4.78 is 6.39. The summed E-state index contributed by atoms with van der Waals surface area (Å²) in [5.74, 6) is -0.240. The molecule has 0 radical (unpaired) electrons. The molecule has 0 aromatic carbocycles. The molecule has 2 heterocycles. The van der Waals surface area contributed by atoms with Gasteiger partial charge in [-0.1, -0.05) is 13.3 Å². The van der Waals surface area contributed by atoms with E-state index in [0.29, 0.717) is 26.5 Å². The van der Waals surface area contributed by atoms with Crippen LogP contribution >= 0.6 is 11.3 Å². The lowest BCUT2D eigenvalue weighted by Crippen LogP contribution is -2.38. The Hall–Kier alpha value is -2.22. The number of esters is 1. The van der Waals surface area contributed by atoms with E-state index >= 15 is 0 Å². The monoisotopic (exact) mass is 379 g/mol. The highest BCUT2D eigenvalue weighted by atomic mass is 32.1. The average molecular weight is 379 g/mol. The molecule has 2 aromatic heterocycles. The van der Waals surface area contributed by atoms with Crippen molar-refractivity contribution in [3.8, 4) is 0 Å². The first kappa shape index (κ1) is 20.1. The number of carbonyl (C=O) groups excluding carboxylic acids is 2. The predicted molar refractivity (Wildman–Crippen MR) is 102 cm³/mol. The fourth-order valence-corrected chi connectivity index (χ4v) is 3.98. The van der Waals surface area contributed by atoms with Gasteiger partial charge in [-0.05, 0) is 39.7 Å². The van der Waals surface area contributed by atoms with Crippen molar-refractivity contribution in [1.82, 2.24) is 14.9 Å². The first-order chi connectivity index (χ1) is 12.3.